The smallest absolute Gasteiger partial charge is 0.103 e. The van der Waals surface area contributed by atoms with Gasteiger partial charge in [-0.25, -0.2) is 0 Å². The number of hydrogen-bond acceptors (Lipinski definition) is 4. The molecule has 0 amide bonds. The van der Waals surface area contributed by atoms with E-state index in [-0.39, 0.29) is 12.1 Å². The van der Waals surface area contributed by atoms with Gasteiger partial charge < -0.3 is 9.47 Å². The second-order valence-corrected chi connectivity index (χ2v) is 5.05. The molecule has 2 heterocycles. The van der Waals surface area contributed by atoms with E-state index in [1.165, 1.54) is 16.7 Å². The molecule has 19 heavy (non-hydrogen) atoms. The summed E-state index contributed by atoms with van der Waals surface area (Å²) in [5.41, 5.74) is 6.70. The van der Waals surface area contributed by atoms with Gasteiger partial charge in [0.05, 0.1) is 25.5 Å². The Morgan fingerprint density at radius 3 is 2.89 bits per heavy atom. The van der Waals surface area contributed by atoms with Gasteiger partial charge in [0.1, 0.15) is 6.10 Å². The standard InChI is InChI=1S/C15H20N2O2/c16-17-14(12-5-3-8-18-10-12)15-13-6-2-1-4-11(13)7-9-19-15/h1-2,4,6,10,14-15,17H,3,5,7-9,16H2. The highest BCUT2D eigenvalue weighted by Crippen LogP contribution is 2.33. The van der Waals surface area contributed by atoms with Crippen molar-refractivity contribution in [3.63, 3.8) is 0 Å². The number of nitrogens with two attached hydrogens (primary N) is 1. The Morgan fingerprint density at radius 1 is 1.21 bits per heavy atom. The lowest BCUT2D eigenvalue weighted by Crippen LogP contribution is -2.44. The first-order chi connectivity index (χ1) is 9.40. The lowest BCUT2D eigenvalue weighted by atomic mass is 9.88. The summed E-state index contributed by atoms with van der Waals surface area (Å²) in [4.78, 5) is 0. The van der Waals surface area contributed by atoms with Crippen LogP contribution < -0.4 is 11.3 Å². The maximum atomic E-state index is 5.97. The summed E-state index contributed by atoms with van der Waals surface area (Å²) in [5, 5.41) is 0. The summed E-state index contributed by atoms with van der Waals surface area (Å²) in [7, 11) is 0. The van der Waals surface area contributed by atoms with Crippen molar-refractivity contribution in [1.29, 1.82) is 0 Å². The van der Waals surface area contributed by atoms with Crippen LogP contribution in [0.4, 0.5) is 0 Å². The number of nitrogens with one attached hydrogen (secondary N) is 1. The number of hydrazine groups is 1. The van der Waals surface area contributed by atoms with E-state index in [0.29, 0.717) is 0 Å². The van der Waals surface area contributed by atoms with Crippen LogP contribution in [0.2, 0.25) is 0 Å². The zero-order chi connectivity index (χ0) is 13.1. The van der Waals surface area contributed by atoms with Gasteiger partial charge in [-0.05, 0) is 36.0 Å². The van der Waals surface area contributed by atoms with Crippen molar-refractivity contribution in [3.05, 3.63) is 47.2 Å². The predicted molar refractivity (Wildman–Crippen MR) is 73.2 cm³/mol. The first kappa shape index (κ1) is 12.7. The van der Waals surface area contributed by atoms with E-state index in [4.69, 9.17) is 15.3 Å². The maximum Gasteiger partial charge on any atom is 0.103 e. The highest BCUT2D eigenvalue weighted by atomic mass is 16.5. The summed E-state index contributed by atoms with van der Waals surface area (Å²) in [6, 6.07) is 8.43. The molecule has 3 N–H and O–H groups in total. The van der Waals surface area contributed by atoms with Gasteiger partial charge in [-0.15, -0.1) is 0 Å². The SMILES string of the molecule is NNC(C1=COCCC1)C1OCCc2ccccc21. The molecule has 0 bridgehead atoms. The van der Waals surface area contributed by atoms with Gasteiger partial charge in [0.15, 0.2) is 0 Å². The van der Waals surface area contributed by atoms with Gasteiger partial charge in [0.2, 0.25) is 0 Å². The topological polar surface area (TPSA) is 56.5 Å². The average molecular weight is 260 g/mol. The first-order valence-corrected chi connectivity index (χ1v) is 6.86. The van der Waals surface area contributed by atoms with E-state index in [0.717, 1.165) is 32.5 Å². The fourth-order valence-electron chi connectivity index (χ4n) is 2.90. The Labute approximate surface area is 113 Å². The van der Waals surface area contributed by atoms with Crippen LogP contribution in [0.3, 0.4) is 0 Å². The number of hydrogen-bond donors (Lipinski definition) is 2. The number of fused-ring (bicyclic) bond motifs is 1. The van der Waals surface area contributed by atoms with Gasteiger partial charge in [0.25, 0.3) is 0 Å². The Balaban J connectivity index is 1.90. The zero-order valence-electron chi connectivity index (χ0n) is 11.0. The summed E-state index contributed by atoms with van der Waals surface area (Å²) < 4.78 is 11.4. The normalized spacial score (nSPS) is 24.1. The molecule has 0 radical (unpaired) electrons. The van der Waals surface area contributed by atoms with E-state index >= 15 is 0 Å². The van der Waals surface area contributed by atoms with Crippen LogP contribution in [0.5, 0.6) is 0 Å². The monoisotopic (exact) mass is 260 g/mol. The van der Waals surface area contributed by atoms with Gasteiger partial charge in [-0.2, -0.15) is 0 Å². The van der Waals surface area contributed by atoms with Gasteiger partial charge >= 0.3 is 0 Å². The molecule has 2 aliphatic rings. The third kappa shape index (κ3) is 2.52. The van der Waals surface area contributed by atoms with Crippen LogP contribution >= 0.6 is 0 Å². The molecule has 4 heteroatoms. The third-order valence-electron chi connectivity index (χ3n) is 3.87. The number of rotatable bonds is 3. The zero-order valence-corrected chi connectivity index (χ0v) is 11.0. The minimum atomic E-state index is -0.0251. The third-order valence-corrected chi connectivity index (χ3v) is 3.87. The van der Waals surface area contributed by atoms with Crippen LogP contribution in [-0.4, -0.2) is 19.3 Å². The Kier molecular flexibility index (Phi) is 3.82. The molecule has 0 fully saturated rings. The Hall–Kier alpha value is -1.36. The van der Waals surface area contributed by atoms with Crippen molar-refractivity contribution < 1.29 is 9.47 Å². The highest BCUT2D eigenvalue weighted by Gasteiger charge is 2.31. The fourth-order valence-corrected chi connectivity index (χ4v) is 2.90. The number of ether oxygens (including phenoxy) is 2. The second kappa shape index (κ2) is 5.74. The second-order valence-electron chi connectivity index (χ2n) is 5.05. The van der Waals surface area contributed by atoms with Gasteiger partial charge in [0, 0.05) is 0 Å². The van der Waals surface area contributed by atoms with Crippen molar-refractivity contribution in [2.24, 2.45) is 5.84 Å². The van der Waals surface area contributed by atoms with Crippen molar-refractivity contribution in [3.8, 4) is 0 Å². The summed E-state index contributed by atoms with van der Waals surface area (Å²) in [6.45, 7) is 1.54. The molecule has 102 valence electrons. The summed E-state index contributed by atoms with van der Waals surface area (Å²) in [6.07, 6.45) is 4.84. The largest absolute Gasteiger partial charge is 0.501 e. The van der Waals surface area contributed by atoms with Crippen LogP contribution in [0.15, 0.2) is 36.1 Å². The molecule has 0 saturated heterocycles. The molecular weight excluding hydrogens is 240 g/mol. The van der Waals surface area contributed by atoms with Crippen molar-refractivity contribution >= 4 is 0 Å². The quantitative estimate of drug-likeness (QED) is 0.643. The molecule has 1 aromatic rings. The summed E-state index contributed by atoms with van der Waals surface area (Å²) >= 11 is 0. The van der Waals surface area contributed by atoms with Crippen molar-refractivity contribution in [1.82, 2.24) is 5.43 Å². The minimum absolute atomic E-state index is 0.0123. The molecule has 4 nitrogen and oxygen atoms in total. The van der Waals surface area contributed by atoms with Crippen molar-refractivity contribution in [2.45, 2.75) is 31.4 Å². The van der Waals surface area contributed by atoms with Crippen LogP contribution in [0, 0.1) is 0 Å². The van der Waals surface area contributed by atoms with Crippen LogP contribution in [-0.2, 0) is 15.9 Å². The maximum absolute atomic E-state index is 5.97. The molecule has 1 aromatic carbocycles. The fraction of sp³-hybridized carbons (Fsp3) is 0.467. The molecule has 0 saturated carbocycles. The van der Waals surface area contributed by atoms with E-state index in [9.17, 15) is 0 Å². The van der Waals surface area contributed by atoms with Crippen LogP contribution in [0.1, 0.15) is 30.1 Å². The molecule has 0 aromatic heterocycles. The molecule has 2 atom stereocenters. The van der Waals surface area contributed by atoms with Gasteiger partial charge in [-0.3, -0.25) is 11.3 Å². The summed E-state index contributed by atoms with van der Waals surface area (Å²) in [5.74, 6) is 5.77. The van der Waals surface area contributed by atoms with E-state index < -0.39 is 0 Å². The molecule has 2 unspecified atom stereocenters. The molecule has 0 aliphatic carbocycles. The first-order valence-electron chi connectivity index (χ1n) is 6.86. The van der Waals surface area contributed by atoms with E-state index in [1.807, 2.05) is 6.26 Å². The lowest BCUT2D eigenvalue weighted by molar-refractivity contribution is 0.0210. The van der Waals surface area contributed by atoms with Crippen molar-refractivity contribution in [2.75, 3.05) is 13.2 Å². The predicted octanol–water partition coefficient (Wildman–Crippen LogP) is 1.83. The number of benzene rings is 1. The van der Waals surface area contributed by atoms with E-state index in [2.05, 4.69) is 29.7 Å². The van der Waals surface area contributed by atoms with Gasteiger partial charge in [-0.1, -0.05) is 24.3 Å². The average Bonchev–Trinajstić information content (AvgIpc) is 2.49. The minimum Gasteiger partial charge on any atom is -0.501 e. The molecular formula is C15H20N2O2. The van der Waals surface area contributed by atoms with E-state index in [1.54, 1.807) is 0 Å². The Morgan fingerprint density at radius 2 is 2.11 bits per heavy atom. The molecule has 0 spiro atoms. The molecule has 2 aliphatic heterocycles. The Bertz CT molecular complexity index is 473. The van der Waals surface area contributed by atoms with Crippen LogP contribution in [0.25, 0.3) is 0 Å². The lowest BCUT2D eigenvalue weighted by Gasteiger charge is -2.34. The highest BCUT2D eigenvalue weighted by molar-refractivity contribution is 5.34. The molecule has 3 rings (SSSR count).